The number of aliphatic hydroxyl groups is 1. The molecule has 0 saturated heterocycles. The minimum Gasteiger partial charge on any atom is -0.399 e. The molecule has 3 N–H and O–H groups in total. The van der Waals surface area contributed by atoms with Crippen LogP contribution in [0.5, 0.6) is 0 Å². The van der Waals surface area contributed by atoms with Crippen LogP contribution in [0.1, 0.15) is 5.82 Å². The largest absolute Gasteiger partial charge is 0.399 e. The highest BCUT2D eigenvalue weighted by Gasteiger charge is 2.01. The fraction of sp³-hybridized carbons (Fsp3) is 0.250. The van der Waals surface area contributed by atoms with E-state index in [1.807, 2.05) is 0 Å². The average molecular weight is 178 g/mol. The molecule has 0 aliphatic carbocycles. The number of nitrogens with zero attached hydrogens (tertiary/aromatic N) is 3. The number of fused-ring (bicyclic) bond motifs is 1. The van der Waals surface area contributed by atoms with E-state index < -0.39 is 0 Å². The van der Waals surface area contributed by atoms with Crippen LogP contribution in [0.3, 0.4) is 0 Å². The summed E-state index contributed by atoms with van der Waals surface area (Å²) in [6.07, 6.45) is 2.22. The van der Waals surface area contributed by atoms with Gasteiger partial charge < -0.3 is 10.8 Å². The van der Waals surface area contributed by atoms with Crippen molar-refractivity contribution in [3.63, 3.8) is 0 Å². The van der Waals surface area contributed by atoms with E-state index in [1.165, 1.54) is 0 Å². The van der Waals surface area contributed by atoms with Crippen molar-refractivity contribution in [3.8, 4) is 0 Å². The van der Waals surface area contributed by atoms with Gasteiger partial charge in [0, 0.05) is 24.4 Å². The van der Waals surface area contributed by atoms with Crippen molar-refractivity contribution >= 4 is 11.3 Å². The van der Waals surface area contributed by atoms with Crippen LogP contribution in [-0.2, 0) is 6.42 Å². The fourth-order valence-electron chi connectivity index (χ4n) is 1.15. The molecule has 0 amide bonds. The third-order valence-electron chi connectivity index (χ3n) is 1.74. The van der Waals surface area contributed by atoms with E-state index in [9.17, 15) is 0 Å². The number of anilines is 1. The summed E-state index contributed by atoms with van der Waals surface area (Å²) in [7, 11) is 0. The third-order valence-corrected chi connectivity index (χ3v) is 1.74. The Labute approximate surface area is 74.8 Å². The molecule has 13 heavy (non-hydrogen) atoms. The number of nitrogen functional groups attached to an aromatic ring is 1. The molecule has 2 aromatic heterocycles. The molecule has 0 aliphatic rings. The van der Waals surface area contributed by atoms with Gasteiger partial charge in [-0.25, -0.2) is 9.50 Å². The predicted molar refractivity (Wildman–Crippen MR) is 48.2 cm³/mol. The second-order valence-electron chi connectivity index (χ2n) is 2.76. The standard InChI is InChI=1S/C8H10N4O/c9-6-1-3-12-8(5-6)10-7(11-12)2-4-13/h1,3,5,13H,2,4,9H2. The molecular weight excluding hydrogens is 168 g/mol. The molecule has 0 aromatic carbocycles. The van der Waals surface area contributed by atoms with Gasteiger partial charge in [-0.1, -0.05) is 0 Å². The Morgan fingerprint density at radius 2 is 2.38 bits per heavy atom. The second kappa shape index (κ2) is 3.02. The van der Waals surface area contributed by atoms with Gasteiger partial charge in [0.05, 0.1) is 6.61 Å². The Bertz CT molecular complexity index is 423. The smallest absolute Gasteiger partial charge is 0.157 e. The molecule has 2 rings (SSSR count). The number of aliphatic hydroxyl groups excluding tert-OH is 1. The summed E-state index contributed by atoms with van der Waals surface area (Å²) in [5.74, 6) is 0.633. The van der Waals surface area contributed by atoms with Gasteiger partial charge in [-0.15, -0.1) is 0 Å². The number of nitrogens with two attached hydrogens (primary N) is 1. The minimum atomic E-state index is 0.0619. The van der Waals surface area contributed by atoms with Crippen LogP contribution >= 0.6 is 0 Å². The van der Waals surface area contributed by atoms with E-state index in [1.54, 1.807) is 22.8 Å². The molecule has 0 spiro atoms. The maximum atomic E-state index is 8.69. The molecule has 0 atom stereocenters. The number of pyridine rings is 1. The average Bonchev–Trinajstić information content (AvgIpc) is 2.46. The van der Waals surface area contributed by atoms with E-state index in [-0.39, 0.29) is 6.61 Å². The van der Waals surface area contributed by atoms with E-state index in [0.717, 1.165) is 0 Å². The maximum Gasteiger partial charge on any atom is 0.157 e. The minimum absolute atomic E-state index is 0.0619. The molecule has 5 nitrogen and oxygen atoms in total. The van der Waals surface area contributed by atoms with Gasteiger partial charge in [0.25, 0.3) is 0 Å². The van der Waals surface area contributed by atoms with Crippen molar-refractivity contribution in [2.75, 3.05) is 12.3 Å². The van der Waals surface area contributed by atoms with Gasteiger partial charge in [0.1, 0.15) is 0 Å². The molecule has 0 aliphatic heterocycles. The Morgan fingerprint density at radius 3 is 3.15 bits per heavy atom. The summed E-state index contributed by atoms with van der Waals surface area (Å²) in [6.45, 7) is 0.0619. The summed E-state index contributed by atoms with van der Waals surface area (Å²) in [4.78, 5) is 4.18. The van der Waals surface area contributed by atoms with Gasteiger partial charge in [-0.05, 0) is 6.07 Å². The van der Waals surface area contributed by atoms with Gasteiger partial charge in [-0.3, -0.25) is 0 Å². The van der Waals surface area contributed by atoms with Crippen molar-refractivity contribution in [2.45, 2.75) is 6.42 Å². The number of aromatic nitrogens is 3. The van der Waals surface area contributed by atoms with Crippen molar-refractivity contribution in [3.05, 3.63) is 24.2 Å². The van der Waals surface area contributed by atoms with Crippen LogP contribution in [0.25, 0.3) is 5.65 Å². The summed E-state index contributed by atoms with van der Waals surface area (Å²) in [5.41, 5.74) is 6.95. The Kier molecular flexibility index (Phi) is 1.86. The van der Waals surface area contributed by atoms with Crippen LogP contribution in [0, 0.1) is 0 Å². The first-order valence-electron chi connectivity index (χ1n) is 4.01. The summed E-state index contributed by atoms with van der Waals surface area (Å²) in [6, 6.07) is 3.50. The first-order valence-corrected chi connectivity index (χ1v) is 4.01. The van der Waals surface area contributed by atoms with Crippen LogP contribution in [0.4, 0.5) is 5.69 Å². The molecule has 0 fully saturated rings. The number of hydrogen-bond acceptors (Lipinski definition) is 4. The zero-order chi connectivity index (χ0) is 9.26. The summed E-state index contributed by atoms with van der Waals surface area (Å²) >= 11 is 0. The number of rotatable bonds is 2. The van der Waals surface area contributed by atoms with Gasteiger partial charge >= 0.3 is 0 Å². The van der Waals surface area contributed by atoms with Crippen molar-refractivity contribution in [2.24, 2.45) is 0 Å². The van der Waals surface area contributed by atoms with Gasteiger partial charge in [0.15, 0.2) is 11.5 Å². The Balaban J connectivity index is 2.49. The Hall–Kier alpha value is -1.62. The lowest BCUT2D eigenvalue weighted by Crippen LogP contribution is -1.93. The fourth-order valence-corrected chi connectivity index (χ4v) is 1.15. The molecule has 2 heterocycles. The highest BCUT2D eigenvalue weighted by molar-refractivity contribution is 5.50. The molecule has 0 unspecified atom stereocenters. The molecular formula is C8H10N4O. The molecule has 68 valence electrons. The predicted octanol–water partition coefficient (Wildman–Crippen LogP) is -0.154. The molecule has 0 bridgehead atoms. The van der Waals surface area contributed by atoms with E-state index >= 15 is 0 Å². The quantitative estimate of drug-likeness (QED) is 0.670. The van der Waals surface area contributed by atoms with Gasteiger partial charge in [0.2, 0.25) is 0 Å². The molecule has 2 aromatic rings. The zero-order valence-corrected chi connectivity index (χ0v) is 7.01. The van der Waals surface area contributed by atoms with Crippen LogP contribution in [0.2, 0.25) is 0 Å². The van der Waals surface area contributed by atoms with Gasteiger partial charge in [-0.2, -0.15) is 5.10 Å². The Morgan fingerprint density at radius 1 is 1.54 bits per heavy atom. The van der Waals surface area contributed by atoms with Crippen LogP contribution in [-0.4, -0.2) is 26.3 Å². The van der Waals surface area contributed by atoms with Crippen molar-refractivity contribution in [1.82, 2.24) is 14.6 Å². The van der Waals surface area contributed by atoms with E-state index in [4.69, 9.17) is 10.8 Å². The maximum absolute atomic E-state index is 8.69. The van der Waals surface area contributed by atoms with Crippen molar-refractivity contribution < 1.29 is 5.11 Å². The first kappa shape index (κ1) is 8.00. The zero-order valence-electron chi connectivity index (χ0n) is 7.01. The summed E-state index contributed by atoms with van der Waals surface area (Å²) < 4.78 is 1.64. The molecule has 0 saturated carbocycles. The topological polar surface area (TPSA) is 76.4 Å². The highest BCUT2D eigenvalue weighted by atomic mass is 16.3. The third kappa shape index (κ3) is 1.46. The lowest BCUT2D eigenvalue weighted by atomic mass is 10.4. The highest BCUT2D eigenvalue weighted by Crippen LogP contribution is 2.06. The lowest BCUT2D eigenvalue weighted by Gasteiger charge is -1.91. The van der Waals surface area contributed by atoms with E-state index in [2.05, 4.69) is 10.1 Å². The SMILES string of the molecule is Nc1ccn2nc(CCO)nc2c1. The van der Waals surface area contributed by atoms with Crippen molar-refractivity contribution in [1.29, 1.82) is 0 Å². The normalized spacial score (nSPS) is 10.8. The lowest BCUT2D eigenvalue weighted by molar-refractivity contribution is 0.296. The molecule has 5 heteroatoms. The van der Waals surface area contributed by atoms with Crippen LogP contribution in [0.15, 0.2) is 18.3 Å². The summed E-state index contributed by atoms with van der Waals surface area (Å²) in [5, 5.41) is 12.8. The molecule has 0 radical (unpaired) electrons. The number of hydrogen-bond donors (Lipinski definition) is 2. The van der Waals surface area contributed by atoms with Crippen LogP contribution < -0.4 is 5.73 Å². The van der Waals surface area contributed by atoms with E-state index in [0.29, 0.717) is 23.6 Å². The monoisotopic (exact) mass is 178 g/mol. The second-order valence-corrected chi connectivity index (χ2v) is 2.76. The first-order chi connectivity index (χ1) is 6.29.